The van der Waals surface area contributed by atoms with Crippen LogP contribution in [0.25, 0.3) is 0 Å². The number of halogens is 1. The molecule has 0 aromatic carbocycles. The van der Waals surface area contributed by atoms with Crippen LogP contribution < -0.4 is 11.4 Å². The predicted molar refractivity (Wildman–Crippen MR) is 66.3 cm³/mol. The van der Waals surface area contributed by atoms with Gasteiger partial charge in [-0.25, -0.2) is 9.18 Å². The van der Waals surface area contributed by atoms with Crippen molar-refractivity contribution in [3.8, 4) is 0 Å². The molecule has 1 aromatic rings. The monoisotopic (exact) mass is 285 g/mol. The van der Waals surface area contributed by atoms with Crippen LogP contribution >= 0.6 is 0 Å². The number of nitrogen functional groups attached to an aromatic ring is 1. The van der Waals surface area contributed by atoms with Crippen molar-refractivity contribution in [2.24, 2.45) is 0 Å². The van der Waals surface area contributed by atoms with Gasteiger partial charge in [-0.05, 0) is 20.8 Å². The summed E-state index contributed by atoms with van der Waals surface area (Å²) in [6.07, 6.45) is -0.893. The second-order valence-corrected chi connectivity index (χ2v) is 5.46. The first-order valence-corrected chi connectivity index (χ1v) is 6.34. The maximum absolute atomic E-state index is 13.5. The Bertz CT molecular complexity index is 603. The van der Waals surface area contributed by atoms with E-state index in [-0.39, 0.29) is 12.2 Å². The molecule has 2 saturated heterocycles. The lowest BCUT2D eigenvalue weighted by molar-refractivity contribution is -0.195. The molecule has 2 fully saturated rings. The molecule has 4 atom stereocenters. The zero-order chi connectivity index (χ0) is 14.7. The largest absolute Gasteiger partial charge is 0.381 e. The van der Waals surface area contributed by atoms with Crippen molar-refractivity contribution in [1.82, 2.24) is 9.55 Å². The summed E-state index contributed by atoms with van der Waals surface area (Å²) in [4.78, 5) is 15.3. The Morgan fingerprint density at radius 2 is 2.05 bits per heavy atom. The lowest BCUT2D eigenvalue weighted by Gasteiger charge is -2.23. The molecule has 0 saturated carbocycles. The normalized spacial score (nSPS) is 35.2. The number of nitrogens with two attached hydrogens (primary N) is 1. The Kier molecular flexibility index (Phi) is 2.86. The third kappa shape index (κ3) is 2.00. The highest BCUT2D eigenvalue weighted by Crippen LogP contribution is 2.42. The molecule has 8 heteroatoms. The number of hydrogen-bond acceptors (Lipinski definition) is 6. The summed E-state index contributed by atoms with van der Waals surface area (Å²) in [7, 11) is 0. The van der Waals surface area contributed by atoms with Crippen LogP contribution in [-0.2, 0) is 14.2 Å². The van der Waals surface area contributed by atoms with Gasteiger partial charge in [-0.15, -0.1) is 0 Å². The minimum absolute atomic E-state index is 0.278. The molecular formula is C12H16FN3O4. The lowest BCUT2D eigenvalue weighted by Crippen LogP contribution is -2.35. The smallest absolute Gasteiger partial charge is 0.351 e. The van der Waals surface area contributed by atoms with E-state index < -0.39 is 35.4 Å². The molecule has 0 aliphatic carbocycles. The fraction of sp³-hybridized carbons (Fsp3) is 0.667. The minimum atomic E-state index is -0.785. The Morgan fingerprint density at radius 1 is 1.40 bits per heavy atom. The summed E-state index contributed by atoms with van der Waals surface area (Å²) >= 11 is 0. The van der Waals surface area contributed by atoms with E-state index in [4.69, 9.17) is 19.9 Å². The second kappa shape index (κ2) is 4.24. The first kappa shape index (κ1) is 13.5. The van der Waals surface area contributed by atoms with Gasteiger partial charge >= 0.3 is 5.69 Å². The molecule has 0 amide bonds. The highest BCUT2D eigenvalue weighted by Gasteiger charge is 2.54. The summed E-state index contributed by atoms with van der Waals surface area (Å²) < 4.78 is 31.7. The minimum Gasteiger partial charge on any atom is -0.381 e. The Morgan fingerprint density at radius 3 is 2.75 bits per heavy atom. The van der Waals surface area contributed by atoms with Crippen molar-refractivity contribution in [3.05, 3.63) is 22.5 Å². The molecular weight excluding hydrogens is 269 g/mol. The topological polar surface area (TPSA) is 88.6 Å². The molecule has 2 N–H and O–H groups in total. The molecule has 2 unspecified atom stereocenters. The fourth-order valence-electron chi connectivity index (χ4n) is 2.64. The number of fused-ring (bicyclic) bond motifs is 1. The van der Waals surface area contributed by atoms with Crippen LogP contribution in [0.2, 0.25) is 0 Å². The van der Waals surface area contributed by atoms with E-state index in [0.717, 1.165) is 10.8 Å². The molecule has 0 spiro atoms. The van der Waals surface area contributed by atoms with Gasteiger partial charge < -0.3 is 19.9 Å². The van der Waals surface area contributed by atoms with Crippen LogP contribution in [0.4, 0.5) is 10.2 Å². The average Bonchev–Trinajstić information content (AvgIpc) is 2.80. The van der Waals surface area contributed by atoms with Crippen LogP contribution in [0.1, 0.15) is 27.0 Å². The van der Waals surface area contributed by atoms with E-state index in [2.05, 4.69) is 4.98 Å². The van der Waals surface area contributed by atoms with E-state index in [1.807, 2.05) is 6.92 Å². The number of rotatable bonds is 1. The zero-order valence-corrected chi connectivity index (χ0v) is 11.4. The predicted octanol–water partition coefficient (Wildman–Crippen LogP) is 0.402. The maximum atomic E-state index is 13.5. The van der Waals surface area contributed by atoms with Crippen molar-refractivity contribution in [2.75, 3.05) is 5.73 Å². The van der Waals surface area contributed by atoms with Crippen LogP contribution in [0.5, 0.6) is 0 Å². The molecule has 3 rings (SSSR count). The SMILES string of the molecule is CC1O[C@@H](n2cc(F)c(N)nc2=O)[C@@H]2OC(C)(C)OC12. The number of anilines is 1. The fourth-order valence-corrected chi connectivity index (χ4v) is 2.64. The molecule has 7 nitrogen and oxygen atoms in total. The Balaban J connectivity index is 1.99. The standard InChI is InChI=1S/C12H16FN3O4/c1-5-7-8(20-12(2,3)19-7)10(18-5)16-4-6(13)9(14)15-11(16)17/h4-5,7-8,10H,1-3H3,(H2,14,15,17)/t5?,7?,8-,10-/m1/s1. The molecule has 3 heterocycles. The summed E-state index contributed by atoms with van der Waals surface area (Å²) in [6.45, 7) is 5.37. The number of hydrogen-bond donors (Lipinski definition) is 1. The number of aromatic nitrogens is 2. The van der Waals surface area contributed by atoms with Crippen LogP contribution in [0.3, 0.4) is 0 Å². The van der Waals surface area contributed by atoms with Crippen LogP contribution in [0, 0.1) is 5.82 Å². The van der Waals surface area contributed by atoms with Crippen molar-refractivity contribution in [3.63, 3.8) is 0 Å². The number of nitrogens with zero attached hydrogens (tertiary/aromatic N) is 2. The van der Waals surface area contributed by atoms with Crippen LogP contribution in [0.15, 0.2) is 11.0 Å². The zero-order valence-electron chi connectivity index (χ0n) is 11.4. The van der Waals surface area contributed by atoms with Gasteiger partial charge in [0.1, 0.15) is 12.2 Å². The van der Waals surface area contributed by atoms with E-state index in [1.54, 1.807) is 13.8 Å². The van der Waals surface area contributed by atoms with Crippen molar-refractivity contribution < 1.29 is 18.6 Å². The Labute approximate surface area is 114 Å². The van der Waals surface area contributed by atoms with Crippen LogP contribution in [-0.4, -0.2) is 33.7 Å². The Hall–Kier alpha value is -1.51. The van der Waals surface area contributed by atoms with Crippen molar-refractivity contribution >= 4 is 5.82 Å². The summed E-state index contributed by atoms with van der Waals surface area (Å²) in [5, 5.41) is 0. The highest BCUT2D eigenvalue weighted by molar-refractivity contribution is 5.26. The summed E-state index contributed by atoms with van der Waals surface area (Å²) in [6, 6.07) is 0. The maximum Gasteiger partial charge on any atom is 0.351 e. The third-order valence-corrected chi connectivity index (χ3v) is 3.47. The molecule has 20 heavy (non-hydrogen) atoms. The van der Waals surface area contributed by atoms with Gasteiger partial charge in [-0.3, -0.25) is 4.57 Å². The first-order valence-electron chi connectivity index (χ1n) is 6.34. The molecule has 0 radical (unpaired) electrons. The molecule has 1 aromatic heterocycles. The van der Waals surface area contributed by atoms with E-state index in [0.29, 0.717) is 0 Å². The van der Waals surface area contributed by atoms with Gasteiger partial charge in [-0.1, -0.05) is 0 Å². The molecule has 2 aliphatic heterocycles. The highest BCUT2D eigenvalue weighted by atomic mass is 19.1. The van der Waals surface area contributed by atoms with E-state index in [1.165, 1.54) is 0 Å². The van der Waals surface area contributed by atoms with Gasteiger partial charge in [0.05, 0.1) is 12.3 Å². The van der Waals surface area contributed by atoms with E-state index >= 15 is 0 Å². The molecule has 110 valence electrons. The second-order valence-electron chi connectivity index (χ2n) is 5.46. The quantitative estimate of drug-likeness (QED) is 0.803. The first-order chi connectivity index (χ1) is 9.28. The molecule has 0 bridgehead atoms. The van der Waals surface area contributed by atoms with Crippen molar-refractivity contribution in [2.45, 2.75) is 51.1 Å². The lowest BCUT2D eigenvalue weighted by atomic mass is 10.1. The average molecular weight is 285 g/mol. The summed E-state index contributed by atoms with van der Waals surface area (Å²) in [5.41, 5.74) is 4.58. The van der Waals surface area contributed by atoms with Gasteiger partial charge in [0, 0.05) is 0 Å². The van der Waals surface area contributed by atoms with Crippen molar-refractivity contribution in [1.29, 1.82) is 0 Å². The molecule has 2 aliphatic rings. The van der Waals surface area contributed by atoms with E-state index in [9.17, 15) is 9.18 Å². The number of ether oxygens (including phenoxy) is 3. The van der Waals surface area contributed by atoms with Gasteiger partial charge in [0.15, 0.2) is 23.7 Å². The van der Waals surface area contributed by atoms with Gasteiger partial charge in [0.25, 0.3) is 0 Å². The third-order valence-electron chi connectivity index (χ3n) is 3.47. The summed E-state index contributed by atoms with van der Waals surface area (Å²) in [5.74, 6) is -1.98. The van der Waals surface area contributed by atoms with Gasteiger partial charge in [0.2, 0.25) is 0 Å². The van der Waals surface area contributed by atoms with Gasteiger partial charge in [-0.2, -0.15) is 4.98 Å².